The molecule has 10 nitrogen and oxygen atoms in total. The zero-order valence-electron chi connectivity index (χ0n) is 57.0. The Balaban J connectivity index is 0.000000141. The molecule has 21 rings (SSSR count). The second kappa shape index (κ2) is 25.8. The maximum Gasteiger partial charge on any atom is 0.0972 e. The van der Waals surface area contributed by atoms with Gasteiger partial charge in [-0.1, -0.05) is 200 Å². The third-order valence-corrected chi connectivity index (χ3v) is 20.2. The van der Waals surface area contributed by atoms with Gasteiger partial charge in [0.25, 0.3) is 0 Å². The monoisotopic (exact) mass is 1350 g/mol. The van der Waals surface area contributed by atoms with Crippen LogP contribution in [0.15, 0.2) is 352 Å². The van der Waals surface area contributed by atoms with Gasteiger partial charge in [0, 0.05) is 111 Å². The van der Waals surface area contributed by atoms with Crippen LogP contribution >= 0.6 is 0 Å². The summed E-state index contributed by atoms with van der Waals surface area (Å²) in [6, 6.07) is 116. The molecule has 10 aromatic heterocycles. The SMILES string of the molecule is c1ccc(-c2ccc3ccc4ccc(-c5ccc(-c6ccc7cc(-c8ccc9nc(-c%10ccc%11ncccc%11c%10)ccc9c8)ccc7n6)cc5)nc4c3n2)cc1.c1cnc2ccc(-c3ccc4cc(-c5ccc6nc(-c7ccc(-c8ccc9ccc%10cccnc%10c9n8)cc7)ccc6c5)ccc4n3)cc2c1. The molecule has 0 aliphatic carbocycles. The normalized spacial score (nSPS) is 11.6. The fraction of sp³-hybridized carbons (Fsp3) is 0. The molecule has 0 aliphatic heterocycles. The van der Waals surface area contributed by atoms with E-state index in [1.165, 1.54) is 0 Å². The molecule has 0 N–H and O–H groups in total. The van der Waals surface area contributed by atoms with Crippen molar-refractivity contribution >= 4 is 109 Å². The van der Waals surface area contributed by atoms with Crippen LogP contribution in [0.1, 0.15) is 0 Å². The van der Waals surface area contributed by atoms with Gasteiger partial charge in [0.2, 0.25) is 0 Å². The molecule has 10 heterocycles. The van der Waals surface area contributed by atoms with E-state index in [1.807, 2.05) is 55.0 Å². The van der Waals surface area contributed by atoms with Gasteiger partial charge < -0.3 is 0 Å². The summed E-state index contributed by atoms with van der Waals surface area (Å²) in [6.07, 6.45) is 5.47. The van der Waals surface area contributed by atoms with Crippen molar-refractivity contribution in [3.05, 3.63) is 352 Å². The van der Waals surface area contributed by atoms with Gasteiger partial charge in [0.1, 0.15) is 0 Å². The van der Waals surface area contributed by atoms with Gasteiger partial charge in [0.05, 0.1) is 95.0 Å². The van der Waals surface area contributed by atoms with Crippen molar-refractivity contribution < 1.29 is 0 Å². The van der Waals surface area contributed by atoms with E-state index in [2.05, 4.69) is 312 Å². The van der Waals surface area contributed by atoms with E-state index < -0.39 is 0 Å². The van der Waals surface area contributed by atoms with Gasteiger partial charge in [-0.3, -0.25) is 15.0 Å². The van der Waals surface area contributed by atoms with E-state index >= 15 is 0 Å². The maximum atomic E-state index is 5.14. The first-order valence-electron chi connectivity index (χ1n) is 35.4. The summed E-state index contributed by atoms with van der Waals surface area (Å²) >= 11 is 0. The molecule has 0 bridgehead atoms. The summed E-state index contributed by atoms with van der Waals surface area (Å²) in [7, 11) is 0. The van der Waals surface area contributed by atoms with Gasteiger partial charge in [-0.05, 0) is 156 Å². The van der Waals surface area contributed by atoms with Crippen molar-refractivity contribution in [2.75, 3.05) is 0 Å². The number of benzene rings is 11. The van der Waals surface area contributed by atoms with Gasteiger partial charge >= 0.3 is 0 Å². The summed E-state index contributed by atoms with van der Waals surface area (Å²) in [5.41, 5.74) is 28.1. The second-order valence-electron chi connectivity index (χ2n) is 26.8. The predicted molar refractivity (Wildman–Crippen MR) is 435 cm³/mol. The van der Waals surface area contributed by atoms with Crippen LogP contribution in [0.5, 0.6) is 0 Å². The van der Waals surface area contributed by atoms with Crippen molar-refractivity contribution in [1.29, 1.82) is 0 Å². The number of aromatic nitrogens is 10. The zero-order chi connectivity index (χ0) is 70.0. The zero-order valence-corrected chi connectivity index (χ0v) is 57.0. The van der Waals surface area contributed by atoms with Crippen LogP contribution in [0, 0.1) is 0 Å². The molecule has 0 atom stereocenters. The fourth-order valence-electron chi connectivity index (χ4n) is 14.5. The predicted octanol–water partition coefficient (Wildman–Crippen LogP) is 23.9. The standard InChI is InChI=1S/C51H31N5.C45H27N5/c1-2-5-32(6-3-1)45-22-14-35-12-13-36-15-23-46(56-51(36)50(35)55-45)34-10-8-33(9-11-34)44-26-19-40-29-37(16-24-47(40)53-44)38-17-25-48-41(30-38)20-27-49(54-48)42-18-21-43-39(31-42)7-4-28-52-43;1-3-30-9-10-31-11-18-40(50-45(31)44(30)47-24-1)29-7-5-28(6-8-29)39-21-15-35-25-32(12-19-41(35)48-39)33-13-20-42-36(26-33)16-22-43(49-42)37-14-17-38-34(27-37)4-2-23-46-38/h1-31H;1-27H. The van der Waals surface area contributed by atoms with Crippen LogP contribution < -0.4 is 0 Å². The average Bonchev–Trinajstić information content (AvgIpc) is 0.774. The molecule has 0 saturated carbocycles. The minimum Gasteiger partial charge on any atom is -0.256 e. The second-order valence-corrected chi connectivity index (χ2v) is 26.8. The van der Waals surface area contributed by atoms with Crippen LogP contribution in [0.4, 0.5) is 0 Å². The van der Waals surface area contributed by atoms with E-state index in [-0.39, 0.29) is 0 Å². The smallest absolute Gasteiger partial charge is 0.0972 e. The third-order valence-electron chi connectivity index (χ3n) is 20.2. The Bertz CT molecular complexity index is 7090. The number of fused-ring (bicyclic) bond motifs is 12. The lowest BCUT2D eigenvalue weighted by Crippen LogP contribution is -1.91. The maximum absolute atomic E-state index is 5.14. The Hall–Kier alpha value is -14.5. The molecule has 0 fully saturated rings. The molecule has 0 aliphatic rings. The Morgan fingerprint density at radius 3 is 0.736 bits per heavy atom. The first-order valence-corrected chi connectivity index (χ1v) is 35.4. The minimum absolute atomic E-state index is 0.905. The molecule has 106 heavy (non-hydrogen) atoms. The van der Waals surface area contributed by atoms with E-state index in [0.717, 1.165) is 210 Å². The van der Waals surface area contributed by atoms with E-state index in [9.17, 15) is 0 Å². The quantitative estimate of drug-likeness (QED) is 0.129. The number of pyridine rings is 10. The fourth-order valence-corrected chi connectivity index (χ4v) is 14.5. The summed E-state index contributed by atoms with van der Waals surface area (Å²) in [4.78, 5) is 48.8. The number of nitrogens with zero attached hydrogens (tertiary/aromatic N) is 10. The summed E-state index contributed by atoms with van der Waals surface area (Å²) in [6.45, 7) is 0. The Kier molecular flexibility index (Phi) is 15.0. The Morgan fingerprint density at radius 2 is 0.368 bits per heavy atom. The van der Waals surface area contributed by atoms with Crippen LogP contribution in [0.2, 0.25) is 0 Å². The summed E-state index contributed by atoms with van der Waals surface area (Å²) in [5.74, 6) is 0. The number of hydrogen-bond donors (Lipinski definition) is 0. The lowest BCUT2D eigenvalue weighted by molar-refractivity contribution is 1.36. The third kappa shape index (κ3) is 11.6. The van der Waals surface area contributed by atoms with E-state index in [0.29, 0.717) is 0 Å². The highest BCUT2D eigenvalue weighted by Gasteiger charge is 2.15. The molecule has 21 aromatic rings. The van der Waals surface area contributed by atoms with E-state index in [4.69, 9.17) is 34.9 Å². The average molecular weight is 1350 g/mol. The van der Waals surface area contributed by atoms with Crippen LogP contribution in [-0.2, 0) is 0 Å². The highest BCUT2D eigenvalue weighted by molar-refractivity contribution is 6.05. The van der Waals surface area contributed by atoms with Gasteiger partial charge in [-0.25, -0.2) is 34.9 Å². The largest absolute Gasteiger partial charge is 0.256 e. The molecule has 11 aromatic carbocycles. The van der Waals surface area contributed by atoms with Crippen molar-refractivity contribution in [3.8, 4) is 101 Å². The molecular formula is C96H58N10. The minimum atomic E-state index is 0.905. The molecule has 492 valence electrons. The number of hydrogen-bond acceptors (Lipinski definition) is 10. The topological polar surface area (TPSA) is 129 Å². The molecule has 0 unspecified atom stereocenters. The summed E-state index contributed by atoms with van der Waals surface area (Å²) in [5, 5.41) is 10.9. The van der Waals surface area contributed by atoms with Gasteiger partial charge in [-0.15, -0.1) is 0 Å². The van der Waals surface area contributed by atoms with Crippen LogP contribution in [0.3, 0.4) is 0 Å². The first kappa shape index (κ1) is 61.4. The lowest BCUT2D eigenvalue weighted by atomic mass is 10.00. The Morgan fingerprint density at radius 1 is 0.132 bits per heavy atom. The van der Waals surface area contributed by atoms with Gasteiger partial charge in [-0.2, -0.15) is 0 Å². The lowest BCUT2D eigenvalue weighted by Gasteiger charge is -2.10. The molecule has 0 radical (unpaired) electrons. The van der Waals surface area contributed by atoms with Crippen LogP contribution in [0.25, 0.3) is 210 Å². The summed E-state index contributed by atoms with van der Waals surface area (Å²) < 4.78 is 0. The highest BCUT2D eigenvalue weighted by atomic mass is 14.8. The van der Waals surface area contributed by atoms with Crippen LogP contribution in [-0.4, -0.2) is 49.8 Å². The molecule has 0 spiro atoms. The van der Waals surface area contributed by atoms with Crippen molar-refractivity contribution in [2.24, 2.45) is 0 Å². The Labute approximate surface area is 608 Å². The molecule has 0 saturated heterocycles. The van der Waals surface area contributed by atoms with Crippen molar-refractivity contribution in [1.82, 2.24) is 49.8 Å². The van der Waals surface area contributed by atoms with Crippen molar-refractivity contribution in [3.63, 3.8) is 0 Å². The van der Waals surface area contributed by atoms with E-state index in [1.54, 1.807) is 0 Å². The van der Waals surface area contributed by atoms with Crippen molar-refractivity contribution in [2.45, 2.75) is 0 Å². The molecular weight excluding hydrogens is 1290 g/mol. The highest BCUT2D eigenvalue weighted by Crippen LogP contribution is 2.37. The molecule has 0 amide bonds. The number of rotatable bonds is 9. The first-order chi connectivity index (χ1) is 52.4. The van der Waals surface area contributed by atoms with Gasteiger partial charge in [0.15, 0.2) is 0 Å². The molecule has 10 heteroatoms.